The van der Waals surface area contributed by atoms with Crippen molar-refractivity contribution < 1.29 is 5.11 Å². The number of hydrogen-bond acceptors (Lipinski definition) is 3. The Morgan fingerprint density at radius 2 is 2.12 bits per heavy atom. The lowest BCUT2D eigenvalue weighted by atomic mass is 9.97. The predicted octanol–water partition coefficient (Wildman–Crippen LogP) is 2.74. The first-order chi connectivity index (χ1) is 7.74. The Hall–Kier alpha value is -1.61. The highest BCUT2D eigenvalue weighted by Crippen LogP contribution is 2.30. The van der Waals surface area contributed by atoms with E-state index >= 15 is 0 Å². The van der Waals surface area contributed by atoms with Crippen LogP contribution < -0.4 is 5.73 Å². The molecule has 0 saturated carbocycles. The molecule has 3 heteroatoms. The van der Waals surface area contributed by atoms with Crippen molar-refractivity contribution in [1.82, 2.24) is 4.98 Å². The van der Waals surface area contributed by atoms with Crippen LogP contribution in [0.5, 0.6) is 5.75 Å². The monoisotopic (exact) mass is 216 g/mol. The summed E-state index contributed by atoms with van der Waals surface area (Å²) in [4.78, 5) is 4.09. The molecule has 2 rings (SSSR count). The van der Waals surface area contributed by atoms with Gasteiger partial charge in [-0.2, -0.15) is 0 Å². The van der Waals surface area contributed by atoms with Crippen molar-refractivity contribution in [3.05, 3.63) is 36.2 Å². The lowest BCUT2D eigenvalue weighted by Gasteiger charge is -2.14. The maximum absolute atomic E-state index is 9.74. The SMILES string of the molecule is CCCC(N)c1ccc(O)c2ccncc12. The number of nitrogens with zero attached hydrogens (tertiary/aromatic N) is 1. The molecule has 0 aliphatic carbocycles. The molecule has 1 aromatic heterocycles. The molecule has 1 unspecified atom stereocenters. The van der Waals surface area contributed by atoms with Crippen LogP contribution in [0.3, 0.4) is 0 Å². The fourth-order valence-electron chi connectivity index (χ4n) is 1.99. The number of hydrogen-bond donors (Lipinski definition) is 2. The van der Waals surface area contributed by atoms with E-state index in [1.165, 1.54) is 0 Å². The van der Waals surface area contributed by atoms with Crippen LogP contribution in [0, 0.1) is 0 Å². The molecule has 0 amide bonds. The summed E-state index contributed by atoms with van der Waals surface area (Å²) in [6.07, 6.45) is 5.43. The Kier molecular flexibility index (Phi) is 3.06. The standard InChI is InChI=1S/C13H16N2O/c1-2-3-12(14)9-4-5-13(16)10-6-7-15-8-11(9)10/h4-8,12,16H,2-3,14H2,1H3. The van der Waals surface area contributed by atoms with Crippen LogP contribution in [-0.2, 0) is 0 Å². The third-order valence-corrected chi connectivity index (χ3v) is 2.83. The largest absolute Gasteiger partial charge is 0.507 e. The number of benzene rings is 1. The lowest BCUT2D eigenvalue weighted by Crippen LogP contribution is -2.10. The first kappa shape index (κ1) is 10.9. The molecule has 0 spiro atoms. The van der Waals surface area contributed by atoms with Crippen LogP contribution >= 0.6 is 0 Å². The summed E-state index contributed by atoms with van der Waals surface area (Å²) in [5.41, 5.74) is 7.17. The topological polar surface area (TPSA) is 59.1 Å². The van der Waals surface area contributed by atoms with Gasteiger partial charge in [0, 0.05) is 29.2 Å². The van der Waals surface area contributed by atoms with Gasteiger partial charge in [-0.25, -0.2) is 0 Å². The lowest BCUT2D eigenvalue weighted by molar-refractivity contribution is 0.481. The molecule has 2 aromatic rings. The zero-order valence-electron chi connectivity index (χ0n) is 9.35. The second-order valence-electron chi connectivity index (χ2n) is 3.99. The molecule has 0 aliphatic heterocycles. The van der Waals surface area contributed by atoms with Crippen molar-refractivity contribution in [2.24, 2.45) is 5.73 Å². The molecule has 0 aliphatic rings. The quantitative estimate of drug-likeness (QED) is 0.829. The van der Waals surface area contributed by atoms with E-state index in [-0.39, 0.29) is 11.8 Å². The van der Waals surface area contributed by atoms with E-state index in [0.29, 0.717) is 0 Å². The highest BCUT2D eigenvalue weighted by Gasteiger charge is 2.11. The highest BCUT2D eigenvalue weighted by atomic mass is 16.3. The van der Waals surface area contributed by atoms with Crippen LogP contribution in [-0.4, -0.2) is 10.1 Å². The van der Waals surface area contributed by atoms with E-state index in [1.54, 1.807) is 18.5 Å². The van der Waals surface area contributed by atoms with Crippen LogP contribution in [0.15, 0.2) is 30.6 Å². The normalized spacial score (nSPS) is 12.9. The van der Waals surface area contributed by atoms with Gasteiger partial charge in [-0.15, -0.1) is 0 Å². The minimum absolute atomic E-state index is 0.0114. The number of fused-ring (bicyclic) bond motifs is 1. The van der Waals surface area contributed by atoms with Gasteiger partial charge >= 0.3 is 0 Å². The van der Waals surface area contributed by atoms with Crippen molar-refractivity contribution in [1.29, 1.82) is 0 Å². The second-order valence-corrected chi connectivity index (χ2v) is 3.99. The van der Waals surface area contributed by atoms with Crippen molar-refractivity contribution in [3.63, 3.8) is 0 Å². The Morgan fingerprint density at radius 1 is 1.31 bits per heavy atom. The van der Waals surface area contributed by atoms with Gasteiger partial charge in [-0.3, -0.25) is 4.98 Å². The molecule has 0 fully saturated rings. The van der Waals surface area contributed by atoms with Gasteiger partial charge in [0.15, 0.2) is 0 Å². The van der Waals surface area contributed by atoms with Gasteiger partial charge in [0.2, 0.25) is 0 Å². The van der Waals surface area contributed by atoms with Crippen molar-refractivity contribution in [2.45, 2.75) is 25.8 Å². The molecule has 3 nitrogen and oxygen atoms in total. The number of phenolic OH excluding ortho intramolecular Hbond substituents is 1. The molecule has 84 valence electrons. The molecular formula is C13H16N2O. The highest BCUT2D eigenvalue weighted by molar-refractivity contribution is 5.90. The van der Waals surface area contributed by atoms with Gasteiger partial charge in [0.25, 0.3) is 0 Å². The van der Waals surface area contributed by atoms with E-state index in [2.05, 4.69) is 11.9 Å². The van der Waals surface area contributed by atoms with Crippen LogP contribution in [0.25, 0.3) is 10.8 Å². The average molecular weight is 216 g/mol. The number of nitrogens with two attached hydrogens (primary N) is 1. The van der Waals surface area contributed by atoms with Gasteiger partial charge < -0.3 is 10.8 Å². The average Bonchev–Trinajstić information content (AvgIpc) is 2.30. The number of aromatic hydroxyl groups is 1. The van der Waals surface area contributed by atoms with Crippen LogP contribution in [0.1, 0.15) is 31.4 Å². The molecule has 0 bridgehead atoms. The van der Waals surface area contributed by atoms with E-state index in [9.17, 15) is 5.11 Å². The Labute approximate surface area is 94.9 Å². The number of pyridine rings is 1. The smallest absolute Gasteiger partial charge is 0.123 e. The summed E-state index contributed by atoms with van der Waals surface area (Å²) in [7, 11) is 0. The van der Waals surface area contributed by atoms with Crippen molar-refractivity contribution in [2.75, 3.05) is 0 Å². The summed E-state index contributed by atoms with van der Waals surface area (Å²) >= 11 is 0. The zero-order valence-corrected chi connectivity index (χ0v) is 9.35. The molecule has 3 N–H and O–H groups in total. The van der Waals surface area contributed by atoms with Gasteiger partial charge in [0.05, 0.1) is 0 Å². The van der Waals surface area contributed by atoms with Gasteiger partial charge in [-0.1, -0.05) is 19.4 Å². The van der Waals surface area contributed by atoms with E-state index < -0.39 is 0 Å². The van der Waals surface area contributed by atoms with E-state index in [1.807, 2.05) is 12.1 Å². The maximum Gasteiger partial charge on any atom is 0.123 e. The summed E-state index contributed by atoms with van der Waals surface area (Å²) in [5, 5.41) is 11.5. The molecule has 16 heavy (non-hydrogen) atoms. The number of aromatic nitrogens is 1. The molecule has 1 atom stereocenters. The first-order valence-electron chi connectivity index (χ1n) is 5.55. The van der Waals surface area contributed by atoms with Crippen LogP contribution in [0.2, 0.25) is 0 Å². The molecule has 0 radical (unpaired) electrons. The molecule has 1 aromatic carbocycles. The molecule has 0 saturated heterocycles. The van der Waals surface area contributed by atoms with E-state index in [0.717, 1.165) is 29.2 Å². The molecule has 1 heterocycles. The fraction of sp³-hybridized carbons (Fsp3) is 0.308. The minimum atomic E-state index is 0.0114. The van der Waals surface area contributed by atoms with Gasteiger partial charge in [0.1, 0.15) is 5.75 Å². The summed E-state index contributed by atoms with van der Waals surface area (Å²) < 4.78 is 0. The van der Waals surface area contributed by atoms with Crippen molar-refractivity contribution >= 4 is 10.8 Å². The second kappa shape index (κ2) is 4.49. The third-order valence-electron chi connectivity index (χ3n) is 2.83. The Morgan fingerprint density at radius 3 is 2.88 bits per heavy atom. The van der Waals surface area contributed by atoms with Crippen LogP contribution in [0.4, 0.5) is 0 Å². The summed E-state index contributed by atoms with van der Waals surface area (Å²) in [6, 6.07) is 5.41. The Balaban J connectivity index is 2.58. The van der Waals surface area contributed by atoms with E-state index in [4.69, 9.17) is 5.73 Å². The van der Waals surface area contributed by atoms with Gasteiger partial charge in [-0.05, 0) is 24.1 Å². The fourth-order valence-corrected chi connectivity index (χ4v) is 1.99. The Bertz CT molecular complexity index is 496. The first-order valence-corrected chi connectivity index (χ1v) is 5.55. The predicted molar refractivity (Wildman–Crippen MR) is 65.2 cm³/mol. The minimum Gasteiger partial charge on any atom is -0.507 e. The summed E-state index contributed by atoms with van der Waals surface area (Å²) in [5.74, 6) is 0.282. The number of phenols is 1. The van der Waals surface area contributed by atoms with Crippen molar-refractivity contribution in [3.8, 4) is 5.75 Å². The summed E-state index contributed by atoms with van der Waals surface area (Å²) in [6.45, 7) is 2.11. The number of rotatable bonds is 3. The third kappa shape index (κ3) is 1.86. The molecular weight excluding hydrogens is 200 g/mol. The maximum atomic E-state index is 9.74. The zero-order chi connectivity index (χ0) is 11.5.